The molecule has 0 aliphatic rings. The molecule has 1 heterocycles. The number of hydrogen-bond donors (Lipinski definition) is 0. The normalized spacial score (nSPS) is 14.8. The fourth-order valence-electron chi connectivity index (χ4n) is 1.18. The average Bonchev–Trinajstić information content (AvgIpc) is 2.31. The summed E-state index contributed by atoms with van der Waals surface area (Å²) in [7, 11) is 2.05. The summed E-state index contributed by atoms with van der Waals surface area (Å²) in [5, 5.41) is 0. The van der Waals surface area contributed by atoms with Crippen LogP contribution in [0.2, 0.25) is 0 Å². The van der Waals surface area contributed by atoms with Crippen molar-refractivity contribution in [1.82, 2.24) is 9.55 Å². The van der Waals surface area contributed by atoms with Crippen molar-refractivity contribution in [2.24, 2.45) is 12.5 Å². The molecule has 0 saturated carbocycles. The molecule has 12 heavy (non-hydrogen) atoms. The van der Waals surface area contributed by atoms with E-state index < -0.39 is 0 Å². The highest BCUT2D eigenvalue weighted by molar-refractivity contribution is 5.02. The summed E-state index contributed by atoms with van der Waals surface area (Å²) in [6.45, 7) is 8.95. The quantitative estimate of drug-likeness (QED) is 0.627. The minimum atomic E-state index is 0.291. The lowest BCUT2D eigenvalue weighted by molar-refractivity contribution is 0.323. The van der Waals surface area contributed by atoms with Crippen molar-refractivity contribution in [2.75, 3.05) is 0 Å². The van der Waals surface area contributed by atoms with E-state index in [1.165, 1.54) is 5.82 Å². The lowest BCUT2D eigenvalue weighted by atomic mass is 9.81. The van der Waals surface area contributed by atoms with Crippen LogP contribution in [0, 0.1) is 5.41 Å². The van der Waals surface area contributed by atoms with Gasteiger partial charge < -0.3 is 4.57 Å². The van der Waals surface area contributed by atoms with Crippen molar-refractivity contribution in [3.05, 3.63) is 18.2 Å². The summed E-state index contributed by atoms with van der Waals surface area (Å²) in [6, 6.07) is 0. The van der Waals surface area contributed by atoms with Crippen LogP contribution in [0.4, 0.5) is 0 Å². The summed E-state index contributed by atoms with van der Waals surface area (Å²) >= 11 is 0. The van der Waals surface area contributed by atoms with E-state index in [4.69, 9.17) is 0 Å². The van der Waals surface area contributed by atoms with Gasteiger partial charge in [-0.15, -0.1) is 0 Å². The second kappa shape index (κ2) is 2.92. The molecule has 0 aromatic carbocycles. The van der Waals surface area contributed by atoms with Crippen molar-refractivity contribution < 1.29 is 0 Å². The predicted molar refractivity (Wildman–Crippen MR) is 51.1 cm³/mol. The number of aryl methyl sites for hydroxylation is 1. The Bertz CT molecular complexity index is 255. The van der Waals surface area contributed by atoms with Crippen LogP contribution in [0.5, 0.6) is 0 Å². The third-order valence-corrected chi connectivity index (χ3v) is 2.54. The van der Waals surface area contributed by atoms with Gasteiger partial charge in [0.25, 0.3) is 0 Å². The first kappa shape index (κ1) is 9.30. The Morgan fingerprint density at radius 1 is 1.42 bits per heavy atom. The minimum Gasteiger partial charge on any atom is -0.338 e. The first-order chi connectivity index (χ1) is 5.43. The highest BCUT2D eigenvalue weighted by atomic mass is 15.0. The molecule has 1 aromatic heterocycles. The van der Waals surface area contributed by atoms with Gasteiger partial charge in [-0.05, 0) is 5.41 Å². The van der Waals surface area contributed by atoms with E-state index in [9.17, 15) is 0 Å². The van der Waals surface area contributed by atoms with Gasteiger partial charge in [0, 0.05) is 25.4 Å². The van der Waals surface area contributed by atoms with Crippen molar-refractivity contribution in [3.8, 4) is 0 Å². The third-order valence-electron chi connectivity index (χ3n) is 2.54. The van der Waals surface area contributed by atoms with E-state index in [1.807, 2.05) is 19.4 Å². The van der Waals surface area contributed by atoms with E-state index in [1.54, 1.807) is 0 Å². The molecule has 1 atom stereocenters. The van der Waals surface area contributed by atoms with E-state index in [0.29, 0.717) is 11.3 Å². The molecule has 0 spiro atoms. The molecule has 68 valence electrons. The SMILES string of the molecule is C[C@H](c1nccn1C)C(C)(C)C. The Hall–Kier alpha value is -0.790. The van der Waals surface area contributed by atoms with E-state index >= 15 is 0 Å². The Morgan fingerprint density at radius 3 is 2.33 bits per heavy atom. The third kappa shape index (κ3) is 1.68. The van der Waals surface area contributed by atoms with Crippen LogP contribution < -0.4 is 0 Å². The van der Waals surface area contributed by atoms with E-state index in [2.05, 4.69) is 37.2 Å². The van der Waals surface area contributed by atoms with Crippen LogP contribution in [-0.2, 0) is 7.05 Å². The molecule has 0 bridgehead atoms. The van der Waals surface area contributed by atoms with Gasteiger partial charge in [0.15, 0.2) is 0 Å². The summed E-state index contributed by atoms with van der Waals surface area (Å²) in [5.41, 5.74) is 0.291. The zero-order valence-corrected chi connectivity index (χ0v) is 8.63. The molecule has 1 rings (SSSR count). The fraction of sp³-hybridized carbons (Fsp3) is 0.700. The van der Waals surface area contributed by atoms with Crippen molar-refractivity contribution in [1.29, 1.82) is 0 Å². The molecule has 0 N–H and O–H groups in total. The van der Waals surface area contributed by atoms with E-state index in [-0.39, 0.29) is 0 Å². The number of aromatic nitrogens is 2. The smallest absolute Gasteiger partial charge is 0.111 e. The van der Waals surface area contributed by atoms with Gasteiger partial charge in [-0.2, -0.15) is 0 Å². The zero-order valence-electron chi connectivity index (χ0n) is 8.63. The first-order valence-electron chi connectivity index (χ1n) is 4.40. The van der Waals surface area contributed by atoms with Crippen LogP contribution in [0.15, 0.2) is 12.4 Å². The van der Waals surface area contributed by atoms with Crippen molar-refractivity contribution in [3.63, 3.8) is 0 Å². The van der Waals surface area contributed by atoms with Gasteiger partial charge in [0.2, 0.25) is 0 Å². The van der Waals surface area contributed by atoms with Gasteiger partial charge in [-0.3, -0.25) is 0 Å². The van der Waals surface area contributed by atoms with Crippen LogP contribution in [-0.4, -0.2) is 9.55 Å². The summed E-state index contributed by atoms with van der Waals surface area (Å²) < 4.78 is 2.09. The summed E-state index contributed by atoms with van der Waals surface area (Å²) in [4.78, 5) is 4.35. The van der Waals surface area contributed by atoms with Gasteiger partial charge in [0.1, 0.15) is 5.82 Å². The Kier molecular flexibility index (Phi) is 2.27. The first-order valence-corrected chi connectivity index (χ1v) is 4.40. The van der Waals surface area contributed by atoms with Crippen molar-refractivity contribution >= 4 is 0 Å². The topological polar surface area (TPSA) is 17.8 Å². The number of hydrogen-bond acceptors (Lipinski definition) is 1. The van der Waals surface area contributed by atoms with Crippen LogP contribution in [0.3, 0.4) is 0 Å². The Morgan fingerprint density at radius 2 is 2.00 bits per heavy atom. The van der Waals surface area contributed by atoms with Crippen LogP contribution in [0.1, 0.15) is 39.4 Å². The molecule has 0 aliphatic heterocycles. The molecule has 0 fully saturated rings. The number of imidazole rings is 1. The molecule has 2 heteroatoms. The number of rotatable bonds is 1. The highest BCUT2D eigenvalue weighted by Crippen LogP contribution is 2.32. The van der Waals surface area contributed by atoms with Gasteiger partial charge in [-0.1, -0.05) is 27.7 Å². The van der Waals surface area contributed by atoms with Gasteiger partial charge in [-0.25, -0.2) is 4.98 Å². The van der Waals surface area contributed by atoms with E-state index in [0.717, 1.165) is 0 Å². The minimum absolute atomic E-state index is 0.291. The molecule has 0 saturated heterocycles. The monoisotopic (exact) mass is 166 g/mol. The molecule has 2 nitrogen and oxygen atoms in total. The molecule has 0 aliphatic carbocycles. The predicted octanol–water partition coefficient (Wildman–Crippen LogP) is 2.57. The van der Waals surface area contributed by atoms with Crippen LogP contribution in [0.25, 0.3) is 0 Å². The lowest BCUT2D eigenvalue weighted by Crippen LogP contribution is -2.18. The highest BCUT2D eigenvalue weighted by Gasteiger charge is 2.24. The lowest BCUT2D eigenvalue weighted by Gasteiger charge is -2.26. The maximum atomic E-state index is 4.35. The maximum absolute atomic E-state index is 4.35. The molecule has 1 aromatic rings. The molecule has 0 unspecified atom stereocenters. The van der Waals surface area contributed by atoms with Crippen LogP contribution >= 0.6 is 0 Å². The maximum Gasteiger partial charge on any atom is 0.111 e. The Labute approximate surface area is 74.6 Å². The molecular formula is C10H18N2. The fourth-order valence-corrected chi connectivity index (χ4v) is 1.18. The molecule has 0 amide bonds. The molecular weight excluding hydrogens is 148 g/mol. The second-order valence-electron chi connectivity index (χ2n) is 4.48. The Balaban J connectivity index is 2.92. The summed E-state index contributed by atoms with van der Waals surface area (Å²) in [5.74, 6) is 1.67. The second-order valence-corrected chi connectivity index (χ2v) is 4.48. The largest absolute Gasteiger partial charge is 0.338 e. The van der Waals surface area contributed by atoms with Crippen molar-refractivity contribution in [2.45, 2.75) is 33.6 Å². The average molecular weight is 166 g/mol. The zero-order chi connectivity index (χ0) is 9.35. The molecule has 0 radical (unpaired) electrons. The van der Waals surface area contributed by atoms with Gasteiger partial charge >= 0.3 is 0 Å². The summed E-state index contributed by atoms with van der Waals surface area (Å²) in [6.07, 6.45) is 3.86. The number of nitrogens with zero attached hydrogens (tertiary/aromatic N) is 2. The standard InChI is InChI=1S/C10H18N2/c1-8(10(2,3)4)9-11-6-7-12(9)5/h6-8H,1-5H3/t8-/m1/s1. The van der Waals surface area contributed by atoms with Gasteiger partial charge in [0.05, 0.1) is 0 Å².